The van der Waals surface area contributed by atoms with Gasteiger partial charge in [-0.3, -0.25) is 9.13 Å². The van der Waals surface area contributed by atoms with Crippen molar-refractivity contribution in [3.8, 4) is 0 Å². The zero-order valence-corrected chi connectivity index (χ0v) is 20.8. The molecule has 0 unspecified atom stereocenters. The number of hydrogen-bond acceptors (Lipinski definition) is 5. The highest BCUT2D eigenvalue weighted by Gasteiger charge is 2.49. The monoisotopic (exact) mass is 523 g/mol. The topological polar surface area (TPSA) is 85.0 Å². The van der Waals surface area contributed by atoms with Crippen molar-refractivity contribution in [3.05, 3.63) is 63.6 Å². The van der Waals surface area contributed by atoms with Gasteiger partial charge in [-0.05, 0) is 45.9 Å². The minimum Gasteiger partial charge on any atom is -0.384 e. The van der Waals surface area contributed by atoms with Gasteiger partial charge in [0.15, 0.2) is 0 Å². The molecule has 12 heteroatoms. The number of nitrogens with one attached hydrogen (secondary N) is 1. The summed E-state index contributed by atoms with van der Waals surface area (Å²) in [6.45, 7) is 4.15. The van der Waals surface area contributed by atoms with Crippen molar-refractivity contribution in [2.45, 2.75) is 58.2 Å². The third-order valence-corrected chi connectivity index (χ3v) is 6.35. The number of aromatic nitrogens is 4. The number of aliphatic hydroxyl groups is 1. The molecule has 0 saturated carbocycles. The van der Waals surface area contributed by atoms with Crippen molar-refractivity contribution in [2.75, 3.05) is 5.32 Å². The van der Waals surface area contributed by atoms with Crippen LogP contribution in [0.2, 0.25) is 0 Å². The maximum absolute atomic E-state index is 15.3. The summed E-state index contributed by atoms with van der Waals surface area (Å²) in [6.07, 6.45) is -2.76. The van der Waals surface area contributed by atoms with E-state index >= 15 is 4.39 Å². The van der Waals surface area contributed by atoms with E-state index in [4.69, 9.17) is 0 Å². The van der Waals surface area contributed by atoms with Crippen LogP contribution in [-0.2, 0) is 19.5 Å². The quantitative estimate of drug-likeness (QED) is 0.332. The molecule has 198 valence electrons. The maximum Gasteiger partial charge on any atom is 0.329 e. The average molecular weight is 524 g/mol. The van der Waals surface area contributed by atoms with Gasteiger partial charge >= 0.3 is 11.6 Å². The van der Waals surface area contributed by atoms with Crippen LogP contribution in [0.3, 0.4) is 0 Å². The lowest BCUT2D eigenvalue weighted by molar-refractivity contribution is -0.170. The standard InChI is InChI=1S/C25H26F5N5O2/c1-12(14-7-6-8-16(21(14)28)25(29,30)24(3,4)37)31-22-15-9-19-18(10-17(15)32-13(2)33-22)34(5)23(36)35(19)11-20(26)27/h6-10,12,20,37H,11H2,1-5H3,(H,31,32,33)/t12-/m1/s1. The fourth-order valence-electron chi connectivity index (χ4n) is 4.30. The second kappa shape index (κ2) is 9.09. The minimum atomic E-state index is -3.86. The number of imidazole rings is 1. The average Bonchev–Trinajstić information content (AvgIpc) is 3.01. The molecule has 4 rings (SSSR count). The molecule has 0 aliphatic carbocycles. The highest BCUT2D eigenvalue weighted by Crippen LogP contribution is 2.41. The first-order chi connectivity index (χ1) is 17.1. The smallest absolute Gasteiger partial charge is 0.329 e. The summed E-state index contributed by atoms with van der Waals surface area (Å²) in [5.41, 5.74) is -3.13. The second-order valence-electron chi connectivity index (χ2n) is 9.53. The normalized spacial score (nSPS) is 13.6. The molecule has 4 aromatic rings. The number of benzene rings is 2. The van der Waals surface area contributed by atoms with Crippen molar-refractivity contribution >= 4 is 27.8 Å². The predicted octanol–water partition coefficient (Wildman–Crippen LogP) is 5.03. The van der Waals surface area contributed by atoms with Gasteiger partial charge in [0.1, 0.15) is 23.1 Å². The fraction of sp³-hybridized carbons (Fsp3) is 0.400. The molecule has 0 fully saturated rings. The van der Waals surface area contributed by atoms with Gasteiger partial charge in [0, 0.05) is 18.0 Å². The Morgan fingerprint density at radius 2 is 1.81 bits per heavy atom. The Morgan fingerprint density at radius 3 is 2.43 bits per heavy atom. The highest BCUT2D eigenvalue weighted by molar-refractivity contribution is 5.99. The van der Waals surface area contributed by atoms with Crippen LogP contribution in [0, 0.1) is 12.7 Å². The van der Waals surface area contributed by atoms with E-state index in [0.29, 0.717) is 22.2 Å². The fourth-order valence-corrected chi connectivity index (χ4v) is 4.30. The Hall–Kier alpha value is -3.54. The Labute approximate surface area is 208 Å². The van der Waals surface area contributed by atoms with E-state index in [1.54, 1.807) is 19.9 Å². The first-order valence-electron chi connectivity index (χ1n) is 11.4. The van der Waals surface area contributed by atoms with E-state index in [1.165, 1.54) is 29.8 Å². The zero-order valence-electron chi connectivity index (χ0n) is 20.8. The van der Waals surface area contributed by atoms with Gasteiger partial charge in [-0.2, -0.15) is 8.78 Å². The molecule has 2 aromatic carbocycles. The number of nitrogens with zero attached hydrogens (tertiary/aromatic N) is 4. The summed E-state index contributed by atoms with van der Waals surface area (Å²) in [5.74, 6) is -4.50. The first kappa shape index (κ1) is 26.5. The number of fused-ring (bicyclic) bond motifs is 2. The van der Waals surface area contributed by atoms with Crippen LogP contribution in [0.1, 0.15) is 43.8 Å². The van der Waals surface area contributed by atoms with Crippen molar-refractivity contribution in [1.82, 2.24) is 19.1 Å². The molecule has 1 atom stereocenters. The number of alkyl halides is 4. The minimum absolute atomic E-state index is 0.0961. The molecule has 0 saturated heterocycles. The number of rotatable bonds is 7. The van der Waals surface area contributed by atoms with Crippen LogP contribution in [0.4, 0.5) is 27.8 Å². The molecular formula is C25H26F5N5O2. The van der Waals surface area contributed by atoms with Crippen molar-refractivity contribution in [2.24, 2.45) is 7.05 Å². The molecule has 0 aliphatic heterocycles. The van der Waals surface area contributed by atoms with Crippen LogP contribution in [-0.4, -0.2) is 36.2 Å². The number of halogens is 5. The molecule has 0 amide bonds. The van der Waals surface area contributed by atoms with E-state index in [9.17, 15) is 27.5 Å². The van der Waals surface area contributed by atoms with Gasteiger partial charge < -0.3 is 10.4 Å². The third-order valence-electron chi connectivity index (χ3n) is 6.35. The number of hydrogen-bond donors (Lipinski definition) is 2. The van der Waals surface area contributed by atoms with E-state index < -0.39 is 47.6 Å². The lowest BCUT2D eigenvalue weighted by atomic mass is 9.91. The highest BCUT2D eigenvalue weighted by atomic mass is 19.3. The van der Waals surface area contributed by atoms with Gasteiger partial charge in [0.2, 0.25) is 0 Å². The molecule has 0 spiro atoms. The Balaban J connectivity index is 1.83. The van der Waals surface area contributed by atoms with Crippen LogP contribution in [0.15, 0.2) is 35.1 Å². The molecule has 37 heavy (non-hydrogen) atoms. The van der Waals surface area contributed by atoms with Crippen molar-refractivity contribution in [3.63, 3.8) is 0 Å². The lowest BCUT2D eigenvalue weighted by Gasteiger charge is -2.30. The molecule has 2 N–H and O–H groups in total. The van der Waals surface area contributed by atoms with E-state index in [0.717, 1.165) is 24.5 Å². The summed E-state index contributed by atoms with van der Waals surface area (Å²) >= 11 is 0. The second-order valence-corrected chi connectivity index (χ2v) is 9.53. The van der Waals surface area contributed by atoms with Crippen LogP contribution in [0.5, 0.6) is 0 Å². The van der Waals surface area contributed by atoms with E-state index in [2.05, 4.69) is 15.3 Å². The summed E-state index contributed by atoms with van der Waals surface area (Å²) in [4.78, 5) is 21.3. The maximum atomic E-state index is 15.3. The summed E-state index contributed by atoms with van der Waals surface area (Å²) in [6, 6.07) is 5.72. The molecule has 7 nitrogen and oxygen atoms in total. The van der Waals surface area contributed by atoms with Gasteiger partial charge in [-0.1, -0.05) is 12.1 Å². The van der Waals surface area contributed by atoms with Crippen LogP contribution >= 0.6 is 0 Å². The number of aryl methyl sites for hydroxylation is 2. The lowest BCUT2D eigenvalue weighted by Crippen LogP contribution is -2.41. The Kier molecular flexibility index (Phi) is 6.51. The summed E-state index contributed by atoms with van der Waals surface area (Å²) < 4.78 is 73.3. The first-order valence-corrected chi connectivity index (χ1v) is 11.4. The van der Waals surface area contributed by atoms with Crippen molar-refractivity contribution in [1.29, 1.82) is 0 Å². The van der Waals surface area contributed by atoms with Crippen LogP contribution < -0.4 is 11.0 Å². The van der Waals surface area contributed by atoms with Gasteiger partial charge in [0.25, 0.3) is 6.43 Å². The molecular weight excluding hydrogens is 497 g/mol. The van der Waals surface area contributed by atoms with Gasteiger partial charge in [-0.25, -0.2) is 27.9 Å². The molecule has 0 aliphatic rings. The largest absolute Gasteiger partial charge is 0.384 e. The van der Waals surface area contributed by atoms with E-state index in [1.807, 2.05) is 0 Å². The summed E-state index contributed by atoms with van der Waals surface area (Å²) in [7, 11) is 1.47. The zero-order chi connectivity index (χ0) is 27.4. The Morgan fingerprint density at radius 1 is 1.14 bits per heavy atom. The van der Waals surface area contributed by atoms with E-state index in [-0.39, 0.29) is 16.9 Å². The molecule has 0 bridgehead atoms. The number of anilines is 1. The Bertz CT molecular complexity index is 1560. The third kappa shape index (κ3) is 4.54. The molecule has 2 aromatic heterocycles. The van der Waals surface area contributed by atoms with Gasteiger partial charge in [0.05, 0.1) is 34.7 Å². The van der Waals surface area contributed by atoms with Gasteiger partial charge in [-0.15, -0.1) is 0 Å². The SMILES string of the molecule is Cc1nc(N[C@H](C)c2cccc(C(F)(F)C(C)(C)O)c2F)c2cc3c(cc2n1)n(C)c(=O)n3CC(F)F. The molecule has 2 heterocycles. The van der Waals surface area contributed by atoms with Crippen molar-refractivity contribution < 1.29 is 27.1 Å². The van der Waals surface area contributed by atoms with Crippen LogP contribution in [0.25, 0.3) is 21.9 Å². The summed E-state index contributed by atoms with van der Waals surface area (Å²) in [5, 5.41) is 13.3. The molecule has 0 radical (unpaired) electrons. The predicted molar refractivity (Wildman–Crippen MR) is 130 cm³/mol.